The van der Waals surface area contributed by atoms with E-state index in [1.54, 1.807) is 12.1 Å². The number of ether oxygens (including phenoxy) is 1. The molecule has 0 aromatic carbocycles. The molecule has 0 amide bonds. The standard InChI is InChI=1S/C21H40N3O2/c1-4-5-6-7-8-9-10-11-12-13-15-24(2,3)16-14-17-26-21(25)20(18-22)19-23/h20-21,25H,4-17H2,1-3H3/q+1. The van der Waals surface area contributed by atoms with Gasteiger partial charge in [0, 0.05) is 6.42 Å². The maximum atomic E-state index is 9.57. The molecule has 0 aromatic heterocycles. The van der Waals surface area contributed by atoms with Gasteiger partial charge in [0.05, 0.1) is 45.9 Å². The van der Waals surface area contributed by atoms with Crippen molar-refractivity contribution in [3.05, 3.63) is 0 Å². The van der Waals surface area contributed by atoms with Crippen LogP contribution >= 0.6 is 0 Å². The second-order valence-electron chi connectivity index (χ2n) is 7.92. The van der Waals surface area contributed by atoms with Crippen molar-refractivity contribution in [3.63, 3.8) is 0 Å². The lowest BCUT2D eigenvalue weighted by atomic mass is 10.1. The van der Waals surface area contributed by atoms with Crippen LogP contribution in [0.15, 0.2) is 0 Å². The van der Waals surface area contributed by atoms with Crippen LogP contribution in [0.5, 0.6) is 0 Å². The van der Waals surface area contributed by atoms with Gasteiger partial charge in [-0.25, -0.2) is 0 Å². The van der Waals surface area contributed by atoms with Gasteiger partial charge in [-0.15, -0.1) is 0 Å². The Bertz CT molecular complexity index is 398. The van der Waals surface area contributed by atoms with Crippen molar-refractivity contribution in [1.82, 2.24) is 0 Å². The first-order valence-corrected chi connectivity index (χ1v) is 10.4. The van der Waals surface area contributed by atoms with Crippen LogP contribution in [-0.4, -0.2) is 49.7 Å². The maximum absolute atomic E-state index is 9.57. The molecule has 0 rings (SSSR count). The Morgan fingerprint density at radius 1 is 0.808 bits per heavy atom. The zero-order valence-corrected chi connectivity index (χ0v) is 17.3. The smallest absolute Gasteiger partial charge is 0.183 e. The summed E-state index contributed by atoms with van der Waals surface area (Å²) in [5.74, 6) is -1.11. The Morgan fingerprint density at radius 2 is 1.27 bits per heavy atom. The normalized spacial score (nSPS) is 12.7. The molecule has 0 aliphatic carbocycles. The molecular weight excluding hydrogens is 326 g/mol. The van der Waals surface area contributed by atoms with E-state index in [0.717, 1.165) is 24.0 Å². The predicted molar refractivity (Wildman–Crippen MR) is 105 cm³/mol. The number of aliphatic hydroxyl groups is 1. The summed E-state index contributed by atoms with van der Waals surface area (Å²) in [4.78, 5) is 0. The number of nitriles is 2. The molecule has 0 aliphatic rings. The van der Waals surface area contributed by atoms with Gasteiger partial charge in [-0.3, -0.25) is 0 Å². The molecule has 1 N–H and O–H groups in total. The SMILES string of the molecule is CCCCCCCCCCCC[N+](C)(C)CCCOC(O)C(C#N)C#N. The van der Waals surface area contributed by atoms with E-state index in [-0.39, 0.29) is 0 Å². The van der Waals surface area contributed by atoms with Gasteiger partial charge in [-0.05, 0) is 12.8 Å². The zero-order chi connectivity index (χ0) is 19.7. The fourth-order valence-electron chi connectivity index (χ4n) is 3.09. The van der Waals surface area contributed by atoms with Crippen LogP contribution in [0, 0.1) is 28.6 Å². The molecule has 0 fully saturated rings. The van der Waals surface area contributed by atoms with Crippen LogP contribution in [0.4, 0.5) is 0 Å². The molecule has 0 aromatic rings. The summed E-state index contributed by atoms with van der Waals surface area (Å²) in [6.45, 7) is 4.75. The number of aliphatic hydroxyl groups excluding tert-OH is 1. The van der Waals surface area contributed by atoms with E-state index >= 15 is 0 Å². The van der Waals surface area contributed by atoms with Crippen LogP contribution < -0.4 is 0 Å². The number of quaternary nitrogens is 1. The van der Waals surface area contributed by atoms with Gasteiger partial charge >= 0.3 is 0 Å². The summed E-state index contributed by atoms with van der Waals surface area (Å²) in [6, 6.07) is 3.46. The Balaban J connectivity index is 3.59. The molecule has 0 saturated heterocycles. The molecule has 0 bridgehead atoms. The molecule has 0 saturated carbocycles. The van der Waals surface area contributed by atoms with Crippen molar-refractivity contribution >= 4 is 0 Å². The van der Waals surface area contributed by atoms with Gasteiger partial charge in [0.15, 0.2) is 12.2 Å². The largest absolute Gasteiger partial charge is 0.366 e. The lowest BCUT2D eigenvalue weighted by Crippen LogP contribution is -2.41. The van der Waals surface area contributed by atoms with Gasteiger partial charge < -0.3 is 14.3 Å². The summed E-state index contributed by atoms with van der Waals surface area (Å²) >= 11 is 0. The minimum Gasteiger partial charge on any atom is -0.366 e. The first-order chi connectivity index (χ1) is 12.5. The Hall–Kier alpha value is -1.14. The fraction of sp³-hybridized carbons (Fsp3) is 0.905. The molecule has 5 heteroatoms. The summed E-state index contributed by atoms with van der Waals surface area (Å²) < 4.78 is 6.13. The van der Waals surface area contributed by atoms with E-state index in [2.05, 4.69) is 21.0 Å². The Kier molecular flexibility index (Phi) is 15.4. The first kappa shape index (κ1) is 24.9. The highest BCUT2D eigenvalue weighted by molar-refractivity contribution is 5.00. The minimum atomic E-state index is -1.30. The van der Waals surface area contributed by atoms with E-state index in [1.165, 1.54) is 64.2 Å². The molecular formula is C21H40N3O2+. The fourth-order valence-corrected chi connectivity index (χ4v) is 3.09. The molecule has 0 spiro atoms. The first-order valence-electron chi connectivity index (χ1n) is 10.4. The maximum Gasteiger partial charge on any atom is 0.183 e. The summed E-state index contributed by atoms with van der Waals surface area (Å²) in [7, 11) is 4.44. The Morgan fingerprint density at radius 3 is 1.77 bits per heavy atom. The summed E-state index contributed by atoms with van der Waals surface area (Å²) in [5.41, 5.74) is 0. The third-order valence-corrected chi connectivity index (χ3v) is 4.88. The van der Waals surface area contributed by atoms with E-state index in [0.29, 0.717) is 6.61 Å². The number of nitrogens with zero attached hydrogens (tertiary/aromatic N) is 3. The van der Waals surface area contributed by atoms with E-state index in [1.807, 2.05) is 0 Å². The third-order valence-electron chi connectivity index (χ3n) is 4.88. The minimum absolute atomic E-state index is 0.376. The molecule has 1 atom stereocenters. The van der Waals surface area contributed by atoms with Crippen molar-refractivity contribution in [2.24, 2.45) is 5.92 Å². The lowest BCUT2D eigenvalue weighted by Gasteiger charge is -2.30. The number of hydrogen-bond donors (Lipinski definition) is 1. The molecule has 0 radical (unpaired) electrons. The van der Waals surface area contributed by atoms with Crippen LogP contribution in [0.3, 0.4) is 0 Å². The second-order valence-corrected chi connectivity index (χ2v) is 7.92. The third kappa shape index (κ3) is 14.1. The zero-order valence-electron chi connectivity index (χ0n) is 17.3. The summed E-state index contributed by atoms with van der Waals surface area (Å²) in [5, 5.41) is 26.9. The van der Waals surface area contributed by atoms with E-state index < -0.39 is 12.2 Å². The monoisotopic (exact) mass is 366 g/mol. The predicted octanol–water partition coefficient (Wildman–Crippen LogP) is 4.37. The summed E-state index contributed by atoms with van der Waals surface area (Å²) in [6.07, 6.45) is 13.0. The lowest BCUT2D eigenvalue weighted by molar-refractivity contribution is -0.890. The number of rotatable bonds is 17. The van der Waals surface area contributed by atoms with E-state index in [9.17, 15) is 5.11 Å². The van der Waals surface area contributed by atoms with Crippen molar-refractivity contribution in [3.8, 4) is 12.1 Å². The van der Waals surface area contributed by atoms with Gasteiger partial charge in [0.25, 0.3) is 0 Å². The van der Waals surface area contributed by atoms with Gasteiger partial charge in [0.2, 0.25) is 0 Å². The highest BCUT2D eigenvalue weighted by Crippen LogP contribution is 2.12. The van der Waals surface area contributed by atoms with Crippen LogP contribution in [0.2, 0.25) is 0 Å². The Labute approximate surface area is 161 Å². The van der Waals surface area contributed by atoms with Crippen molar-refractivity contribution < 1.29 is 14.3 Å². The van der Waals surface area contributed by atoms with Crippen molar-refractivity contribution in [2.75, 3.05) is 33.8 Å². The van der Waals surface area contributed by atoms with Gasteiger partial charge in [-0.2, -0.15) is 10.5 Å². The average molecular weight is 367 g/mol. The number of hydrogen-bond acceptors (Lipinski definition) is 4. The van der Waals surface area contributed by atoms with Crippen LogP contribution in [0.25, 0.3) is 0 Å². The highest BCUT2D eigenvalue weighted by atomic mass is 16.6. The molecule has 5 nitrogen and oxygen atoms in total. The number of unbranched alkanes of at least 4 members (excludes halogenated alkanes) is 9. The average Bonchev–Trinajstić information content (AvgIpc) is 2.61. The molecule has 0 aliphatic heterocycles. The quantitative estimate of drug-likeness (QED) is 0.235. The molecule has 0 heterocycles. The topological polar surface area (TPSA) is 77.0 Å². The molecule has 26 heavy (non-hydrogen) atoms. The van der Waals surface area contributed by atoms with Crippen molar-refractivity contribution in [1.29, 1.82) is 10.5 Å². The molecule has 1 unspecified atom stereocenters. The second kappa shape index (κ2) is 16.1. The van der Waals surface area contributed by atoms with Crippen LogP contribution in [-0.2, 0) is 4.74 Å². The van der Waals surface area contributed by atoms with E-state index in [4.69, 9.17) is 15.3 Å². The van der Waals surface area contributed by atoms with Crippen molar-refractivity contribution in [2.45, 2.75) is 83.8 Å². The highest BCUT2D eigenvalue weighted by Gasteiger charge is 2.19. The van der Waals surface area contributed by atoms with Gasteiger partial charge in [-0.1, -0.05) is 58.3 Å². The van der Waals surface area contributed by atoms with Gasteiger partial charge in [0.1, 0.15) is 0 Å². The van der Waals surface area contributed by atoms with Crippen LogP contribution in [0.1, 0.15) is 77.6 Å². The molecule has 150 valence electrons.